The number of aromatic nitrogens is 2. The van der Waals surface area contributed by atoms with E-state index >= 15 is 0 Å². The standard InChI is InChI=1S/C4H5N2O2S/c7-1-2-9-4-6-5-3-8-4/h3H,1-2H2. The van der Waals surface area contributed by atoms with Crippen LogP contribution in [-0.2, 0) is 5.11 Å². The highest BCUT2D eigenvalue weighted by Crippen LogP contribution is 2.11. The minimum Gasteiger partial charge on any atom is -0.419 e. The minimum absolute atomic E-state index is 0.118. The molecule has 0 saturated heterocycles. The van der Waals surface area contributed by atoms with Gasteiger partial charge in [-0.25, -0.2) is 5.11 Å². The molecule has 0 amide bonds. The summed E-state index contributed by atoms with van der Waals surface area (Å²) in [5.41, 5.74) is 0. The van der Waals surface area contributed by atoms with Gasteiger partial charge in [-0.3, -0.25) is 0 Å². The summed E-state index contributed by atoms with van der Waals surface area (Å²) >= 11 is 1.27. The van der Waals surface area contributed by atoms with E-state index in [1.54, 1.807) is 0 Å². The molecule has 1 heterocycles. The Bertz CT molecular complexity index is 154. The third-order valence-corrected chi connectivity index (χ3v) is 1.44. The molecule has 0 atom stereocenters. The van der Waals surface area contributed by atoms with Crippen LogP contribution in [0.15, 0.2) is 16.0 Å². The molecule has 0 aromatic carbocycles. The summed E-state index contributed by atoms with van der Waals surface area (Å²) in [6, 6.07) is 0. The van der Waals surface area contributed by atoms with E-state index in [0.717, 1.165) is 0 Å². The van der Waals surface area contributed by atoms with Crippen LogP contribution in [0.1, 0.15) is 0 Å². The molecule has 0 N–H and O–H groups in total. The molecule has 0 spiro atoms. The average Bonchev–Trinajstić information content (AvgIpc) is 2.34. The Hall–Kier alpha value is -0.550. The van der Waals surface area contributed by atoms with Gasteiger partial charge in [-0.05, 0) is 0 Å². The molecule has 1 radical (unpaired) electrons. The van der Waals surface area contributed by atoms with Crippen LogP contribution >= 0.6 is 11.8 Å². The normalized spacial score (nSPS) is 9.89. The summed E-state index contributed by atoms with van der Waals surface area (Å²) in [7, 11) is 0. The third-order valence-electron chi connectivity index (χ3n) is 0.649. The van der Waals surface area contributed by atoms with Crippen molar-refractivity contribution in [3.8, 4) is 0 Å². The van der Waals surface area contributed by atoms with Crippen molar-refractivity contribution >= 4 is 11.8 Å². The topological polar surface area (TPSA) is 58.8 Å². The lowest BCUT2D eigenvalue weighted by Crippen LogP contribution is -1.83. The van der Waals surface area contributed by atoms with Gasteiger partial charge < -0.3 is 4.42 Å². The molecule has 0 aliphatic rings. The van der Waals surface area contributed by atoms with Crippen molar-refractivity contribution < 1.29 is 9.52 Å². The summed E-state index contributed by atoms with van der Waals surface area (Å²) in [6.07, 6.45) is 1.24. The predicted molar refractivity (Wildman–Crippen MR) is 30.6 cm³/mol. The molecular formula is C4H5N2O2S. The molecule has 4 nitrogen and oxygen atoms in total. The first-order chi connectivity index (χ1) is 4.43. The Kier molecular flexibility index (Phi) is 2.53. The van der Waals surface area contributed by atoms with Gasteiger partial charge in [0.2, 0.25) is 6.39 Å². The molecule has 0 saturated carbocycles. The first-order valence-electron chi connectivity index (χ1n) is 2.40. The minimum atomic E-state index is -0.118. The molecule has 0 aliphatic carbocycles. The Morgan fingerprint density at radius 2 is 2.67 bits per heavy atom. The highest BCUT2D eigenvalue weighted by Gasteiger charge is 1.96. The van der Waals surface area contributed by atoms with E-state index in [0.29, 0.717) is 11.0 Å². The quantitative estimate of drug-likeness (QED) is 0.584. The van der Waals surface area contributed by atoms with Gasteiger partial charge in [0.05, 0.1) is 6.61 Å². The Labute approximate surface area is 56.3 Å². The maximum absolute atomic E-state index is 9.91. The van der Waals surface area contributed by atoms with Crippen molar-refractivity contribution in [1.82, 2.24) is 10.2 Å². The summed E-state index contributed by atoms with van der Waals surface area (Å²) in [4.78, 5) is 0. The van der Waals surface area contributed by atoms with Crippen molar-refractivity contribution in [2.24, 2.45) is 0 Å². The van der Waals surface area contributed by atoms with Gasteiger partial charge >= 0.3 is 0 Å². The maximum atomic E-state index is 9.91. The van der Waals surface area contributed by atoms with Crippen LogP contribution in [0.3, 0.4) is 0 Å². The fourth-order valence-corrected chi connectivity index (χ4v) is 0.829. The van der Waals surface area contributed by atoms with Crippen molar-refractivity contribution in [3.05, 3.63) is 6.39 Å². The second-order valence-electron chi connectivity index (χ2n) is 1.26. The molecule has 1 aromatic heterocycles. The van der Waals surface area contributed by atoms with E-state index in [4.69, 9.17) is 4.42 Å². The first-order valence-corrected chi connectivity index (χ1v) is 3.39. The zero-order valence-electron chi connectivity index (χ0n) is 4.61. The smallest absolute Gasteiger partial charge is 0.276 e. The lowest BCUT2D eigenvalue weighted by atomic mass is 10.9. The van der Waals surface area contributed by atoms with Gasteiger partial charge in [-0.15, -0.1) is 10.2 Å². The zero-order valence-corrected chi connectivity index (χ0v) is 5.43. The fraction of sp³-hybridized carbons (Fsp3) is 0.500. The lowest BCUT2D eigenvalue weighted by molar-refractivity contribution is 0.215. The Morgan fingerprint density at radius 1 is 1.78 bits per heavy atom. The summed E-state index contributed by atoms with van der Waals surface area (Å²) in [5.74, 6) is 0.488. The van der Waals surface area contributed by atoms with Crippen LogP contribution in [-0.4, -0.2) is 22.6 Å². The monoisotopic (exact) mass is 145 g/mol. The molecule has 5 heteroatoms. The summed E-state index contributed by atoms with van der Waals surface area (Å²) in [6.45, 7) is -0.118. The highest BCUT2D eigenvalue weighted by molar-refractivity contribution is 7.99. The first kappa shape index (κ1) is 6.57. The van der Waals surface area contributed by atoms with E-state index in [1.807, 2.05) is 0 Å². The lowest BCUT2D eigenvalue weighted by Gasteiger charge is -1.85. The molecule has 9 heavy (non-hydrogen) atoms. The van der Waals surface area contributed by atoms with Crippen LogP contribution in [0, 0.1) is 0 Å². The number of thioether (sulfide) groups is 1. The largest absolute Gasteiger partial charge is 0.419 e. The zero-order chi connectivity index (χ0) is 6.53. The molecule has 1 aromatic rings. The third kappa shape index (κ3) is 2.03. The van der Waals surface area contributed by atoms with Gasteiger partial charge in [0.1, 0.15) is 0 Å². The van der Waals surface area contributed by atoms with Gasteiger partial charge in [0.15, 0.2) is 0 Å². The molecule has 0 aliphatic heterocycles. The molecular weight excluding hydrogens is 140 g/mol. The van der Waals surface area contributed by atoms with Crippen LogP contribution in [0.5, 0.6) is 0 Å². The van der Waals surface area contributed by atoms with Gasteiger partial charge in [-0.2, -0.15) is 0 Å². The van der Waals surface area contributed by atoms with E-state index in [-0.39, 0.29) is 6.61 Å². The highest BCUT2D eigenvalue weighted by atomic mass is 32.2. The molecule has 49 valence electrons. The van der Waals surface area contributed by atoms with Crippen LogP contribution in [0.2, 0.25) is 0 Å². The number of nitrogens with zero attached hydrogens (tertiary/aromatic N) is 2. The van der Waals surface area contributed by atoms with E-state index in [1.165, 1.54) is 18.2 Å². The molecule has 0 unspecified atom stereocenters. The fourth-order valence-electron chi connectivity index (χ4n) is 0.355. The molecule has 0 bridgehead atoms. The van der Waals surface area contributed by atoms with Crippen LogP contribution in [0.25, 0.3) is 0 Å². The second-order valence-corrected chi connectivity index (χ2v) is 2.30. The number of hydrogen-bond donors (Lipinski definition) is 0. The van der Waals surface area contributed by atoms with Crippen molar-refractivity contribution in [3.63, 3.8) is 0 Å². The van der Waals surface area contributed by atoms with Gasteiger partial charge in [0, 0.05) is 5.75 Å². The second kappa shape index (κ2) is 3.47. The van der Waals surface area contributed by atoms with Crippen molar-refractivity contribution in [2.75, 3.05) is 12.4 Å². The average molecular weight is 145 g/mol. The summed E-state index contributed by atoms with van der Waals surface area (Å²) < 4.78 is 4.74. The van der Waals surface area contributed by atoms with Gasteiger partial charge in [0.25, 0.3) is 5.22 Å². The molecule has 0 fully saturated rings. The van der Waals surface area contributed by atoms with E-state index < -0.39 is 0 Å². The van der Waals surface area contributed by atoms with Crippen LogP contribution < -0.4 is 0 Å². The number of rotatable bonds is 3. The maximum Gasteiger partial charge on any atom is 0.276 e. The SMILES string of the molecule is [O]CCSc1nnco1. The predicted octanol–water partition coefficient (Wildman–Crippen LogP) is 0.592. The Balaban J connectivity index is 2.30. The van der Waals surface area contributed by atoms with Crippen molar-refractivity contribution in [2.45, 2.75) is 5.22 Å². The Morgan fingerprint density at radius 3 is 3.22 bits per heavy atom. The number of hydrogen-bond acceptors (Lipinski definition) is 4. The van der Waals surface area contributed by atoms with Gasteiger partial charge in [-0.1, -0.05) is 11.8 Å². The summed E-state index contributed by atoms with van der Waals surface area (Å²) in [5, 5.41) is 17.4. The van der Waals surface area contributed by atoms with E-state index in [2.05, 4.69) is 10.2 Å². The molecule has 1 rings (SSSR count). The van der Waals surface area contributed by atoms with Crippen LogP contribution in [0.4, 0.5) is 0 Å². The van der Waals surface area contributed by atoms with Crippen molar-refractivity contribution in [1.29, 1.82) is 0 Å². The van der Waals surface area contributed by atoms with E-state index in [9.17, 15) is 5.11 Å².